The quantitative estimate of drug-likeness (QED) is 0.792. The standard InChI is InChI=1S/C15H19N3O3/c1-20-10-5-12-11(14(6-10)21-2)7-13(18-12)15(19)17-9-3-4-16-8-9/h5-7,9,16,18H,3-4,8H2,1-2H3,(H,17,19)/t9-/m1/s1. The minimum absolute atomic E-state index is 0.0964. The van der Waals surface area contributed by atoms with Crippen molar-refractivity contribution in [2.45, 2.75) is 12.5 Å². The van der Waals surface area contributed by atoms with Crippen LogP contribution < -0.4 is 20.1 Å². The van der Waals surface area contributed by atoms with E-state index in [0.29, 0.717) is 17.2 Å². The number of benzene rings is 1. The van der Waals surface area contributed by atoms with Gasteiger partial charge in [-0.2, -0.15) is 0 Å². The zero-order valence-corrected chi connectivity index (χ0v) is 12.2. The number of aromatic amines is 1. The van der Waals surface area contributed by atoms with Gasteiger partial charge in [0.25, 0.3) is 5.91 Å². The lowest BCUT2D eigenvalue weighted by molar-refractivity contribution is 0.0936. The van der Waals surface area contributed by atoms with Gasteiger partial charge in [-0.3, -0.25) is 4.79 Å². The summed E-state index contributed by atoms with van der Waals surface area (Å²) in [5.41, 5.74) is 1.35. The number of methoxy groups -OCH3 is 2. The van der Waals surface area contributed by atoms with Crippen LogP contribution in [0.25, 0.3) is 10.9 Å². The molecule has 0 radical (unpaired) electrons. The van der Waals surface area contributed by atoms with Gasteiger partial charge in [0.05, 0.1) is 19.7 Å². The molecule has 6 heteroatoms. The fourth-order valence-electron chi connectivity index (χ4n) is 2.63. The van der Waals surface area contributed by atoms with Gasteiger partial charge >= 0.3 is 0 Å². The van der Waals surface area contributed by atoms with Crippen molar-refractivity contribution in [1.29, 1.82) is 0 Å². The summed E-state index contributed by atoms with van der Waals surface area (Å²) in [6.07, 6.45) is 0.961. The number of hydrogen-bond acceptors (Lipinski definition) is 4. The van der Waals surface area contributed by atoms with Crippen LogP contribution in [-0.2, 0) is 0 Å². The SMILES string of the molecule is COc1cc(OC)c2cc(C(=O)N[C@@H]3CCNC3)[nH]c2c1. The van der Waals surface area contributed by atoms with E-state index in [4.69, 9.17) is 9.47 Å². The van der Waals surface area contributed by atoms with E-state index in [9.17, 15) is 4.79 Å². The zero-order valence-electron chi connectivity index (χ0n) is 12.2. The molecule has 1 aromatic carbocycles. The molecule has 1 atom stereocenters. The Hall–Kier alpha value is -2.21. The molecule has 2 heterocycles. The second-order valence-electron chi connectivity index (χ2n) is 5.14. The third-order valence-corrected chi connectivity index (χ3v) is 3.77. The summed E-state index contributed by atoms with van der Waals surface area (Å²) in [5, 5.41) is 7.11. The smallest absolute Gasteiger partial charge is 0.267 e. The number of amides is 1. The average Bonchev–Trinajstić information content (AvgIpc) is 3.14. The molecule has 0 unspecified atom stereocenters. The minimum Gasteiger partial charge on any atom is -0.497 e. The number of fused-ring (bicyclic) bond motifs is 1. The molecule has 112 valence electrons. The molecule has 2 aromatic rings. The van der Waals surface area contributed by atoms with Gasteiger partial charge in [0.1, 0.15) is 17.2 Å². The van der Waals surface area contributed by atoms with Crippen LogP contribution in [0.5, 0.6) is 11.5 Å². The van der Waals surface area contributed by atoms with Crippen molar-refractivity contribution in [2.75, 3.05) is 27.3 Å². The van der Waals surface area contributed by atoms with Crippen molar-refractivity contribution in [3.05, 3.63) is 23.9 Å². The van der Waals surface area contributed by atoms with Crippen molar-refractivity contribution < 1.29 is 14.3 Å². The Morgan fingerprint density at radius 3 is 2.81 bits per heavy atom. The second-order valence-corrected chi connectivity index (χ2v) is 5.14. The summed E-state index contributed by atoms with van der Waals surface area (Å²) in [5.74, 6) is 1.27. The summed E-state index contributed by atoms with van der Waals surface area (Å²) in [7, 11) is 3.20. The summed E-state index contributed by atoms with van der Waals surface area (Å²) in [4.78, 5) is 15.4. The van der Waals surface area contributed by atoms with Crippen LogP contribution in [0.3, 0.4) is 0 Å². The van der Waals surface area contributed by atoms with Crippen LogP contribution in [0.1, 0.15) is 16.9 Å². The van der Waals surface area contributed by atoms with Crippen molar-refractivity contribution in [3.63, 3.8) is 0 Å². The van der Waals surface area contributed by atoms with Gasteiger partial charge in [-0.1, -0.05) is 0 Å². The van der Waals surface area contributed by atoms with E-state index < -0.39 is 0 Å². The molecule has 3 N–H and O–H groups in total. The van der Waals surface area contributed by atoms with Gasteiger partial charge in [0.2, 0.25) is 0 Å². The Kier molecular flexibility index (Phi) is 3.70. The number of rotatable bonds is 4. The van der Waals surface area contributed by atoms with Gasteiger partial charge < -0.3 is 25.1 Å². The van der Waals surface area contributed by atoms with E-state index in [0.717, 1.165) is 30.4 Å². The van der Waals surface area contributed by atoms with Crippen LogP contribution in [-0.4, -0.2) is 44.2 Å². The summed E-state index contributed by atoms with van der Waals surface area (Å²) >= 11 is 0. The third kappa shape index (κ3) is 2.67. The lowest BCUT2D eigenvalue weighted by Gasteiger charge is -2.09. The molecule has 1 amide bonds. The Labute approximate surface area is 122 Å². The molecule has 1 aliphatic heterocycles. The molecular weight excluding hydrogens is 270 g/mol. The predicted octanol–water partition coefficient (Wildman–Crippen LogP) is 1.28. The molecule has 1 aromatic heterocycles. The molecule has 1 aliphatic rings. The molecule has 0 saturated carbocycles. The van der Waals surface area contributed by atoms with Crippen molar-refractivity contribution >= 4 is 16.8 Å². The molecule has 6 nitrogen and oxygen atoms in total. The van der Waals surface area contributed by atoms with E-state index in [1.807, 2.05) is 12.1 Å². The second kappa shape index (κ2) is 5.65. The maximum absolute atomic E-state index is 12.3. The Balaban J connectivity index is 1.90. The summed E-state index contributed by atoms with van der Waals surface area (Å²) in [6, 6.07) is 5.66. The van der Waals surface area contributed by atoms with E-state index in [-0.39, 0.29) is 11.9 Å². The lowest BCUT2D eigenvalue weighted by atomic mass is 10.2. The zero-order chi connectivity index (χ0) is 14.8. The summed E-state index contributed by atoms with van der Waals surface area (Å²) < 4.78 is 10.6. The number of ether oxygens (including phenoxy) is 2. The number of hydrogen-bond donors (Lipinski definition) is 3. The Morgan fingerprint density at radius 1 is 1.29 bits per heavy atom. The molecule has 1 saturated heterocycles. The van der Waals surface area contributed by atoms with Gasteiger partial charge in [-0.15, -0.1) is 0 Å². The van der Waals surface area contributed by atoms with Gasteiger partial charge in [-0.25, -0.2) is 0 Å². The predicted molar refractivity (Wildman–Crippen MR) is 80.1 cm³/mol. The maximum Gasteiger partial charge on any atom is 0.267 e. The molecule has 21 heavy (non-hydrogen) atoms. The molecule has 1 fully saturated rings. The highest BCUT2D eigenvalue weighted by molar-refractivity contribution is 6.00. The maximum atomic E-state index is 12.3. The van der Waals surface area contributed by atoms with Gasteiger partial charge in [0, 0.05) is 30.1 Å². The first kappa shape index (κ1) is 13.8. The van der Waals surface area contributed by atoms with Crippen molar-refractivity contribution in [1.82, 2.24) is 15.6 Å². The van der Waals surface area contributed by atoms with Crippen LogP contribution in [0.4, 0.5) is 0 Å². The first-order valence-corrected chi connectivity index (χ1v) is 6.97. The molecular formula is C15H19N3O3. The van der Waals surface area contributed by atoms with Crippen molar-refractivity contribution in [3.8, 4) is 11.5 Å². The van der Waals surface area contributed by atoms with Crippen LogP contribution in [0, 0.1) is 0 Å². The molecule has 0 aliphatic carbocycles. The first-order chi connectivity index (χ1) is 10.2. The number of nitrogens with one attached hydrogen (secondary N) is 3. The number of carbonyl (C=O) groups is 1. The Morgan fingerprint density at radius 2 is 2.14 bits per heavy atom. The van der Waals surface area contributed by atoms with E-state index in [1.54, 1.807) is 20.3 Å². The topological polar surface area (TPSA) is 75.4 Å². The largest absolute Gasteiger partial charge is 0.497 e. The highest BCUT2D eigenvalue weighted by Crippen LogP contribution is 2.31. The van der Waals surface area contributed by atoms with Gasteiger partial charge in [0.15, 0.2) is 0 Å². The first-order valence-electron chi connectivity index (χ1n) is 6.97. The fourth-order valence-corrected chi connectivity index (χ4v) is 2.63. The van der Waals surface area contributed by atoms with Crippen LogP contribution in [0.2, 0.25) is 0 Å². The van der Waals surface area contributed by atoms with Crippen molar-refractivity contribution in [2.24, 2.45) is 0 Å². The highest BCUT2D eigenvalue weighted by Gasteiger charge is 2.19. The van der Waals surface area contributed by atoms with E-state index in [1.165, 1.54) is 0 Å². The summed E-state index contributed by atoms with van der Waals surface area (Å²) in [6.45, 7) is 1.77. The van der Waals surface area contributed by atoms with Crippen LogP contribution in [0.15, 0.2) is 18.2 Å². The van der Waals surface area contributed by atoms with Crippen LogP contribution >= 0.6 is 0 Å². The monoisotopic (exact) mass is 289 g/mol. The Bertz CT molecular complexity index is 659. The van der Waals surface area contributed by atoms with E-state index >= 15 is 0 Å². The third-order valence-electron chi connectivity index (χ3n) is 3.77. The minimum atomic E-state index is -0.0964. The normalized spacial score (nSPS) is 17.9. The van der Waals surface area contributed by atoms with E-state index in [2.05, 4.69) is 15.6 Å². The number of carbonyl (C=O) groups excluding carboxylic acids is 1. The molecule has 0 spiro atoms. The highest BCUT2D eigenvalue weighted by atomic mass is 16.5. The average molecular weight is 289 g/mol. The fraction of sp³-hybridized carbons (Fsp3) is 0.400. The lowest BCUT2D eigenvalue weighted by Crippen LogP contribution is -2.36. The number of H-pyrrole nitrogens is 1. The number of aromatic nitrogens is 1. The molecule has 0 bridgehead atoms. The molecule has 3 rings (SSSR count). The van der Waals surface area contributed by atoms with Gasteiger partial charge in [-0.05, 0) is 19.0 Å².